The van der Waals surface area contributed by atoms with Gasteiger partial charge in [0.15, 0.2) is 5.82 Å². The van der Waals surface area contributed by atoms with Gasteiger partial charge in [-0.15, -0.1) is 0 Å². The number of carbonyl (C=O) groups excluding carboxylic acids is 1. The van der Waals surface area contributed by atoms with Crippen molar-refractivity contribution in [1.82, 2.24) is 20.3 Å². The van der Waals surface area contributed by atoms with Gasteiger partial charge in [-0.1, -0.05) is 13.8 Å². The second-order valence-corrected chi connectivity index (χ2v) is 6.14. The van der Waals surface area contributed by atoms with Crippen LogP contribution in [0.15, 0.2) is 29.3 Å². The number of hydrogen-bond donors (Lipinski definition) is 4. The maximum absolute atomic E-state index is 12.3. The zero-order chi connectivity index (χ0) is 20.2. The highest BCUT2D eigenvalue weighted by molar-refractivity contribution is 5.84. The molecule has 0 aromatic carbocycles. The summed E-state index contributed by atoms with van der Waals surface area (Å²) in [6, 6.07) is 1.94. The van der Waals surface area contributed by atoms with Gasteiger partial charge in [0.05, 0.1) is 5.69 Å². The Morgan fingerprint density at radius 3 is 2.70 bits per heavy atom. The van der Waals surface area contributed by atoms with Gasteiger partial charge in [0.25, 0.3) is 5.56 Å². The molecule has 0 spiro atoms. The fraction of sp³-hybridized carbons (Fsp3) is 0.375. The number of pyridine rings is 1. The van der Waals surface area contributed by atoms with Crippen LogP contribution in [0.4, 0.5) is 24.7 Å². The molecule has 1 atom stereocenters. The van der Waals surface area contributed by atoms with E-state index in [-0.39, 0.29) is 30.4 Å². The lowest BCUT2D eigenvalue weighted by atomic mass is 10.0. The van der Waals surface area contributed by atoms with Crippen LogP contribution in [0.3, 0.4) is 0 Å². The van der Waals surface area contributed by atoms with Gasteiger partial charge >= 0.3 is 6.18 Å². The number of hydrogen-bond acceptors (Lipinski definition) is 6. The molecule has 8 nitrogen and oxygen atoms in total. The molecule has 0 saturated heterocycles. The molecule has 0 unspecified atom stereocenters. The largest absolute Gasteiger partial charge is 0.405 e. The Hall–Kier alpha value is -3.11. The number of rotatable bonds is 6. The first-order valence-corrected chi connectivity index (χ1v) is 7.99. The first-order chi connectivity index (χ1) is 12.6. The van der Waals surface area contributed by atoms with Crippen LogP contribution < -0.4 is 21.9 Å². The highest BCUT2D eigenvalue weighted by Gasteiger charge is 2.30. The molecule has 0 saturated carbocycles. The Kier molecular flexibility index (Phi) is 6.03. The number of H-pyrrole nitrogens is 1. The number of nitrogens with zero attached hydrogens (tertiary/aromatic N) is 2. The van der Waals surface area contributed by atoms with E-state index in [0.29, 0.717) is 5.56 Å². The van der Waals surface area contributed by atoms with Crippen LogP contribution in [0.1, 0.15) is 21.0 Å². The number of anilines is 2. The van der Waals surface area contributed by atoms with Crippen molar-refractivity contribution in [3.63, 3.8) is 0 Å². The molecule has 0 aliphatic carbocycles. The van der Waals surface area contributed by atoms with Crippen LogP contribution in [0.25, 0.3) is 11.4 Å². The van der Waals surface area contributed by atoms with Crippen LogP contribution in [0, 0.1) is 5.92 Å². The zero-order valence-electron chi connectivity index (χ0n) is 14.6. The summed E-state index contributed by atoms with van der Waals surface area (Å²) >= 11 is 0. The lowest BCUT2D eigenvalue weighted by molar-refractivity contribution is -0.139. The average Bonchev–Trinajstić information content (AvgIpc) is 2.59. The number of alkyl halides is 3. The van der Waals surface area contributed by atoms with Gasteiger partial charge in [-0.25, -0.2) is 9.97 Å². The normalized spacial score (nSPS) is 12.7. The molecule has 156 valence electrons. The Bertz CT molecular complexity index is 886. The number of aromatic amines is 1. The molecular weight excluding hydrogens is 365 g/mol. The molecule has 2 aromatic rings. The van der Waals surface area contributed by atoms with Gasteiger partial charge in [-0.3, -0.25) is 9.59 Å². The second-order valence-electron chi connectivity index (χ2n) is 6.14. The minimum atomic E-state index is -4.50. The van der Waals surface area contributed by atoms with E-state index in [2.05, 4.69) is 20.3 Å². The Labute approximate surface area is 159 Å². The first kappa shape index (κ1) is 20.2. The van der Waals surface area contributed by atoms with Crippen molar-refractivity contribution in [2.45, 2.75) is 26.1 Å². The van der Waals surface area contributed by atoms with E-state index < -0.39 is 30.2 Å². The van der Waals surface area contributed by atoms with Crippen molar-refractivity contribution in [3.05, 3.63) is 34.9 Å². The summed E-state index contributed by atoms with van der Waals surface area (Å²) < 4.78 is 37.0. The number of nitrogens with two attached hydrogens (primary N) is 1. The minimum absolute atomic E-state index is 0. The molecule has 27 heavy (non-hydrogen) atoms. The van der Waals surface area contributed by atoms with E-state index in [4.69, 9.17) is 5.73 Å². The predicted molar refractivity (Wildman–Crippen MR) is 104 cm³/mol. The second kappa shape index (κ2) is 8.06. The summed E-state index contributed by atoms with van der Waals surface area (Å²) in [6.07, 6.45) is -1.70. The zero-order valence-corrected chi connectivity index (χ0v) is 14.6. The van der Waals surface area contributed by atoms with E-state index in [1.807, 2.05) is 5.32 Å². The average molecular weight is 394 g/mol. The third kappa shape index (κ3) is 5.69. The number of halogens is 3. The molecule has 11 heteroatoms. The number of aromatic nitrogens is 3. The van der Waals surface area contributed by atoms with Crippen molar-refractivity contribution in [2.24, 2.45) is 5.92 Å². The Morgan fingerprint density at radius 2 is 2.11 bits per heavy atom. The SMILES string of the molecule is CC(C)[C@@H](Nc1ccnc(-c2c[nH]c(=O)c(N)c2)n1)C(=O)NCC(F)(F)F.[HH].[HH].[HH].[HH].[HH]. The molecule has 0 fully saturated rings. The summed E-state index contributed by atoms with van der Waals surface area (Å²) in [5, 5.41) is 4.68. The van der Waals surface area contributed by atoms with Gasteiger partial charge in [0.1, 0.15) is 18.4 Å². The molecular formula is C16H29F3N6O2. The summed E-state index contributed by atoms with van der Waals surface area (Å²) in [5.74, 6) is -0.636. The van der Waals surface area contributed by atoms with Gasteiger partial charge in [0.2, 0.25) is 5.91 Å². The van der Waals surface area contributed by atoms with Crippen molar-refractivity contribution >= 4 is 17.4 Å². The standard InChI is InChI=1S/C16H19F3N6O2.5H2/c1-8(2)12(15(27)23-7-16(17,18)19)24-11-3-4-21-13(25-11)9-5-10(20)14(26)22-6-9;;;;;/h3-6,8,12H,7,20H2,1-2H3,(H,22,26)(H,23,27)(H,21,24,25);5*1H/t12-;;;;;/m1...../s1. The molecule has 0 bridgehead atoms. The third-order valence-electron chi connectivity index (χ3n) is 3.56. The summed E-state index contributed by atoms with van der Waals surface area (Å²) in [5.41, 5.74) is 5.55. The van der Waals surface area contributed by atoms with E-state index in [0.717, 1.165) is 0 Å². The Balaban J connectivity index is -0.000000784. The summed E-state index contributed by atoms with van der Waals surface area (Å²) in [6.45, 7) is 1.97. The van der Waals surface area contributed by atoms with E-state index in [9.17, 15) is 22.8 Å². The lowest BCUT2D eigenvalue weighted by Crippen LogP contribution is -2.46. The van der Waals surface area contributed by atoms with Crippen molar-refractivity contribution in [2.75, 3.05) is 17.6 Å². The van der Waals surface area contributed by atoms with Crippen LogP contribution in [-0.4, -0.2) is 39.6 Å². The quantitative estimate of drug-likeness (QED) is 0.597. The number of nitrogens with one attached hydrogen (secondary N) is 3. The smallest absolute Gasteiger partial charge is 0.394 e. The van der Waals surface area contributed by atoms with E-state index >= 15 is 0 Å². The van der Waals surface area contributed by atoms with E-state index in [1.54, 1.807) is 13.8 Å². The van der Waals surface area contributed by atoms with E-state index in [1.165, 1.54) is 24.5 Å². The van der Waals surface area contributed by atoms with Crippen molar-refractivity contribution in [1.29, 1.82) is 0 Å². The van der Waals surface area contributed by atoms with Crippen LogP contribution in [-0.2, 0) is 4.79 Å². The first-order valence-electron chi connectivity index (χ1n) is 7.99. The highest BCUT2D eigenvalue weighted by atomic mass is 19.4. The van der Waals surface area contributed by atoms with Gasteiger partial charge in [-0.05, 0) is 18.1 Å². The van der Waals surface area contributed by atoms with Crippen molar-refractivity contribution < 1.29 is 25.1 Å². The Morgan fingerprint density at radius 1 is 1.41 bits per heavy atom. The molecule has 0 radical (unpaired) electrons. The third-order valence-corrected chi connectivity index (χ3v) is 3.56. The molecule has 0 aliphatic heterocycles. The highest BCUT2D eigenvalue weighted by Crippen LogP contribution is 2.18. The van der Waals surface area contributed by atoms with Crippen LogP contribution in [0.2, 0.25) is 0 Å². The number of carbonyl (C=O) groups is 1. The van der Waals surface area contributed by atoms with Crippen LogP contribution in [0.5, 0.6) is 0 Å². The maximum atomic E-state index is 12.3. The van der Waals surface area contributed by atoms with Crippen molar-refractivity contribution in [3.8, 4) is 11.4 Å². The van der Waals surface area contributed by atoms with Gasteiger partial charge in [-0.2, -0.15) is 13.2 Å². The predicted octanol–water partition coefficient (Wildman–Crippen LogP) is 2.76. The number of amides is 1. The maximum Gasteiger partial charge on any atom is 0.405 e. The van der Waals surface area contributed by atoms with Crippen LogP contribution >= 0.6 is 0 Å². The molecule has 2 aromatic heterocycles. The topological polar surface area (TPSA) is 126 Å². The fourth-order valence-corrected chi connectivity index (χ4v) is 2.20. The molecule has 2 heterocycles. The fourth-order valence-electron chi connectivity index (χ4n) is 2.20. The van der Waals surface area contributed by atoms with Gasteiger partial charge < -0.3 is 21.4 Å². The summed E-state index contributed by atoms with van der Waals surface area (Å²) in [7, 11) is 0. The number of nitrogen functional groups attached to an aromatic ring is 1. The lowest BCUT2D eigenvalue weighted by Gasteiger charge is -2.22. The monoisotopic (exact) mass is 394 g/mol. The minimum Gasteiger partial charge on any atom is -0.394 e. The molecule has 0 aliphatic rings. The molecule has 1 amide bonds. The van der Waals surface area contributed by atoms with Gasteiger partial charge in [0, 0.05) is 25.1 Å². The molecule has 5 N–H and O–H groups in total. The summed E-state index contributed by atoms with van der Waals surface area (Å²) in [4.78, 5) is 34.2. The molecule has 2 rings (SSSR count).